The molecule has 2 N–H and O–H groups in total. The van der Waals surface area contributed by atoms with Gasteiger partial charge in [0.1, 0.15) is 0 Å². The minimum absolute atomic E-state index is 0.278. The highest BCUT2D eigenvalue weighted by atomic mass is 32.9. The molecule has 0 heterocycles. The Morgan fingerprint density at radius 1 is 0.833 bits per heavy atom. The van der Waals surface area contributed by atoms with Crippen LogP contribution in [0.25, 0.3) is 0 Å². The van der Waals surface area contributed by atoms with E-state index in [1.165, 1.54) is 32.1 Å². The summed E-state index contributed by atoms with van der Waals surface area (Å²) in [6.45, 7) is 0.590. The molecule has 0 saturated heterocycles. The highest BCUT2D eigenvalue weighted by Gasteiger charge is 1.98. The molecule has 0 aliphatic rings. The van der Waals surface area contributed by atoms with Gasteiger partial charge in [-0.1, -0.05) is 51.4 Å². The highest BCUT2D eigenvalue weighted by Crippen LogP contribution is 2.10. The first kappa shape index (κ1) is 18.2. The standard InChI is InChI=1S/C12H26O4S2/c13-11-9-7-5-3-1-2-4-6-8-10-12-16-18(14,15)17/h13H,1-12H2,(H,14,15,17). The van der Waals surface area contributed by atoms with Gasteiger partial charge in [-0.15, -0.1) is 0 Å². The monoisotopic (exact) mass is 298 g/mol. The molecule has 0 saturated carbocycles. The first-order chi connectivity index (χ1) is 8.56. The molecule has 1 atom stereocenters. The summed E-state index contributed by atoms with van der Waals surface area (Å²) >= 11 is 4.21. The number of rotatable bonds is 13. The molecule has 0 aromatic carbocycles. The Bertz CT molecular complexity index is 265. The Kier molecular flexibility index (Phi) is 12.5. The predicted octanol–water partition coefficient (Wildman–Crippen LogP) is 3.03. The second-order valence-corrected chi connectivity index (χ2v) is 6.86. The maximum absolute atomic E-state index is 10.6. The number of aliphatic hydroxyl groups is 1. The summed E-state index contributed by atoms with van der Waals surface area (Å²) in [6.07, 6.45) is 11.2. The van der Waals surface area contributed by atoms with Gasteiger partial charge in [0, 0.05) is 17.8 Å². The van der Waals surface area contributed by atoms with Crippen LogP contribution in [0.4, 0.5) is 0 Å². The Hall–Kier alpha value is 0.250. The largest absolute Gasteiger partial charge is 0.396 e. The molecule has 18 heavy (non-hydrogen) atoms. The van der Waals surface area contributed by atoms with Crippen LogP contribution in [0.5, 0.6) is 0 Å². The fourth-order valence-corrected chi connectivity index (χ4v) is 2.32. The molecule has 0 aromatic heterocycles. The normalized spacial score (nSPS) is 14.6. The van der Waals surface area contributed by atoms with Crippen molar-refractivity contribution in [2.24, 2.45) is 0 Å². The Morgan fingerprint density at radius 2 is 1.22 bits per heavy atom. The minimum atomic E-state index is -3.42. The lowest BCUT2D eigenvalue weighted by Gasteiger charge is -2.03. The smallest absolute Gasteiger partial charge is 0.266 e. The van der Waals surface area contributed by atoms with Crippen LogP contribution >= 0.6 is 0 Å². The molecule has 0 aromatic rings. The zero-order chi connectivity index (χ0) is 13.7. The van der Waals surface area contributed by atoms with Gasteiger partial charge in [0.05, 0.1) is 6.61 Å². The molecule has 0 aliphatic heterocycles. The van der Waals surface area contributed by atoms with E-state index >= 15 is 0 Å². The van der Waals surface area contributed by atoms with Crippen LogP contribution in [0.15, 0.2) is 0 Å². The highest BCUT2D eigenvalue weighted by molar-refractivity contribution is 8.27. The van der Waals surface area contributed by atoms with E-state index in [1.54, 1.807) is 0 Å². The number of aliphatic hydroxyl groups excluding tert-OH is 1. The molecule has 0 spiro atoms. The van der Waals surface area contributed by atoms with Crippen LogP contribution < -0.4 is 0 Å². The fraction of sp³-hybridized carbons (Fsp3) is 1.00. The van der Waals surface area contributed by atoms with Crippen LogP contribution in [-0.2, 0) is 24.4 Å². The van der Waals surface area contributed by atoms with E-state index in [4.69, 9.17) is 9.66 Å². The molecule has 0 amide bonds. The maximum Gasteiger partial charge on any atom is 0.266 e. The van der Waals surface area contributed by atoms with Gasteiger partial charge in [-0.3, -0.25) is 8.74 Å². The molecule has 0 radical (unpaired) electrons. The minimum Gasteiger partial charge on any atom is -0.396 e. The lowest BCUT2D eigenvalue weighted by atomic mass is 10.1. The van der Waals surface area contributed by atoms with Crippen molar-refractivity contribution >= 4 is 20.2 Å². The van der Waals surface area contributed by atoms with E-state index in [2.05, 4.69) is 15.4 Å². The van der Waals surface area contributed by atoms with Gasteiger partial charge in [-0.25, -0.2) is 0 Å². The van der Waals surface area contributed by atoms with Crippen molar-refractivity contribution in [2.75, 3.05) is 13.2 Å². The van der Waals surface area contributed by atoms with Gasteiger partial charge in [-0.2, -0.15) is 4.21 Å². The van der Waals surface area contributed by atoms with Gasteiger partial charge < -0.3 is 5.11 Å². The summed E-state index contributed by atoms with van der Waals surface area (Å²) in [7, 11) is -3.42. The van der Waals surface area contributed by atoms with Crippen molar-refractivity contribution in [3.8, 4) is 0 Å². The van der Waals surface area contributed by atoms with Crippen molar-refractivity contribution in [2.45, 2.75) is 64.2 Å². The van der Waals surface area contributed by atoms with Gasteiger partial charge in [0.25, 0.3) is 9.05 Å². The molecule has 6 heteroatoms. The lowest BCUT2D eigenvalue weighted by molar-refractivity contribution is 0.282. The summed E-state index contributed by atoms with van der Waals surface area (Å²) in [5.41, 5.74) is 0. The van der Waals surface area contributed by atoms with Crippen molar-refractivity contribution < 1.29 is 18.1 Å². The first-order valence-electron chi connectivity index (χ1n) is 6.79. The topological polar surface area (TPSA) is 66.8 Å². The third kappa shape index (κ3) is 16.2. The average molecular weight is 298 g/mol. The summed E-state index contributed by atoms with van der Waals surface area (Å²) < 4.78 is 23.9. The van der Waals surface area contributed by atoms with E-state index in [-0.39, 0.29) is 6.61 Å². The van der Waals surface area contributed by atoms with Crippen molar-refractivity contribution in [1.29, 1.82) is 0 Å². The Labute approximate surface area is 116 Å². The lowest BCUT2D eigenvalue weighted by Crippen LogP contribution is -2.03. The molecule has 0 fully saturated rings. The van der Waals surface area contributed by atoms with Crippen molar-refractivity contribution in [1.82, 2.24) is 0 Å². The van der Waals surface area contributed by atoms with Crippen molar-refractivity contribution in [3.63, 3.8) is 0 Å². The van der Waals surface area contributed by atoms with Gasteiger partial charge in [-0.05, 0) is 12.8 Å². The first-order valence-corrected chi connectivity index (χ1v) is 9.15. The zero-order valence-electron chi connectivity index (χ0n) is 11.0. The fourth-order valence-electron chi connectivity index (χ4n) is 1.79. The van der Waals surface area contributed by atoms with Gasteiger partial charge in [0.15, 0.2) is 0 Å². The Balaban J connectivity index is 3.03. The van der Waals surface area contributed by atoms with Crippen LogP contribution in [0.1, 0.15) is 64.2 Å². The quantitative estimate of drug-likeness (QED) is 0.512. The molecule has 1 unspecified atom stereocenters. The third-order valence-electron chi connectivity index (χ3n) is 2.78. The summed E-state index contributed by atoms with van der Waals surface area (Å²) in [5, 5.41) is 8.61. The maximum atomic E-state index is 10.6. The molecule has 0 bridgehead atoms. The summed E-state index contributed by atoms with van der Waals surface area (Å²) in [4.78, 5) is 0. The van der Waals surface area contributed by atoms with Crippen LogP contribution in [-0.4, -0.2) is 27.1 Å². The van der Waals surface area contributed by atoms with Crippen LogP contribution in [0.3, 0.4) is 0 Å². The molecule has 0 rings (SSSR count). The summed E-state index contributed by atoms with van der Waals surface area (Å²) in [6, 6.07) is 0. The summed E-state index contributed by atoms with van der Waals surface area (Å²) in [5.74, 6) is 0. The van der Waals surface area contributed by atoms with Gasteiger partial charge >= 0.3 is 0 Å². The van der Waals surface area contributed by atoms with Crippen LogP contribution in [0, 0.1) is 0 Å². The average Bonchev–Trinajstić information content (AvgIpc) is 2.29. The molecular weight excluding hydrogens is 272 g/mol. The van der Waals surface area contributed by atoms with E-state index in [0.717, 1.165) is 32.1 Å². The number of unbranched alkanes of at least 4 members (excludes halogenated alkanes) is 9. The SMILES string of the molecule is O=S(O)(=S)OCCCCCCCCCCCCO. The second-order valence-electron chi connectivity index (χ2n) is 4.51. The Morgan fingerprint density at radius 3 is 1.61 bits per heavy atom. The number of hydrogen-bond acceptors (Lipinski definition) is 4. The van der Waals surface area contributed by atoms with E-state index in [1.807, 2.05) is 0 Å². The molecular formula is C12H26O4S2. The van der Waals surface area contributed by atoms with Crippen LogP contribution in [0.2, 0.25) is 0 Å². The number of hydrogen-bond donors (Lipinski definition) is 2. The van der Waals surface area contributed by atoms with E-state index in [0.29, 0.717) is 6.61 Å². The van der Waals surface area contributed by atoms with E-state index < -0.39 is 9.05 Å². The van der Waals surface area contributed by atoms with Gasteiger partial charge in [0.2, 0.25) is 0 Å². The molecule has 4 nitrogen and oxygen atoms in total. The predicted molar refractivity (Wildman–Crippen MR) is 77.3 cm³/mol. The second kappa shape index (κ2) is 12.3. The molecule has 110 valence electrons. The third-order valence-corrected chi connectivity index (χ3v) is 3.54. The van der Waals surface area contributed by atoms with E-state index in [9.17, 15) is 4.21 Å². The molecule has 0 aliphatic carbocycles. The zero-order valence-corrected chi connectivity index (χ0v) is 12.6. The van der Waals surface area contributed by atoms with Crippen molar-refractivity contribution in [3.05, 3.63) is 0 Å².